The Balaban J connectivity index is 1.89. The van der Waals surface area contributed by atoms with Gasteiger partial charge in [-0.3, -0.25) is 4.99 Å². The molecule has 0 saturated heterocycles. The highest BCUT2D eigenvalue weighted by molar-refractivity contribution is 7.09. The summed E-state index contributed by atoms with van der Waals surface area (Å²) < 4.78 is 42.5. The summed E-state index contributed by atoms with van der Waals surface area (Å²) in [6.07, 6.45) is -4.42. The predicted octanol–water partition coefficient (Wildman–Crippen LogP) is 2.63. The van der Waals surface area contributed by atoms with Crippen LogP contribution in [-0.2, 0) is 19.3 Å². The van der Waals surface area contributed by atoms with Crippen molar-refractivity contribution in [2.24, 2.45) is 4.99 Å². The van der Waals surface area contributed by atoms with E-state index in [0.29, 0.717) is 23.3 Å². The molecule has 23 heavy (non-hydrogen) atoms. The quantitative estimate of drug-likeness (QED) is 0.657. The summed E-state index contributed by atoms with van der Waals surface area (Å²) in [5.74, 6) is 1.16. The monoisotopic (exact) mass is 347 g/mol. The summed E-state index contributed by atoms with van der Waals surface area (Å²) in [6.45, 7) is 4.24. The molecule has 0 bridgehead atoms. The number of hydrogen-bond acceptors (Lipinski definition) is 5. The standard InChI is InChI=1S/C13H16F3N5OS/c1-7-9(8(2)22-21-7)4-18-12(17-3)19-5-11-20-10(6-23-11)13(14,15)16/h6H,4-5H2,1-3H3,(H2,17,18,19). The normalized spacial score (nSPS) is 12.5. The van der Waals surface area contributed by atoms with Gasteiger partial charge in [-0.25, -0.2) is 4.98 Å². The first-order chi connectivity index (χ1) is 10.8. The molecule has 0 spiro atoms. The zero-order valence-electron chi connectivity index (χ0n) is 12.8. The average Bonchev–Trinajstić information content (AvgIpc) is 3.08. The van der Waals surface area contributed by atoms with Crippen molar-refractivity contribution in [1.82, 2.24) is 20.8 Å². The lowest BCUT2D eigenvalue weighted by Crippen LogP contribution is -2.36. The van der Waals surface area contributed by atoms with Crippen LogP contribution in [0.4, 0.5) is 13.2 Å². The number of alkyl halides is 3. The third-order valence-corrected chi connectivity index (χ3v) is 3.94. The molecule has 0 aliphatic rings. The van der Waals surface area contributed by atoms with Crippen LogP contribution in [0.3, 0.4) is 0 Å². The van der Waals surface area contributed by atoms with E-state index < -0.39 is 11.9 Å². The fourth-order valence-electron chi connectivity index (χ4n) is 1.83. The summed E-state index contributed by atoms with van der Waals surface area (Å²) >= 11 is 0.948. The molecule has 2 aromatic rings. The Labute approximate surface area is 134 Å². The molecule has 2 rings (SSSR count). The summed E-state index contributed by atoms with van der Waals surface area (Å²) in [6, 6.07) is 0. The molecule has 0 aliphatic heterocycles. The molecule has 10 heteroatoms. The Hall–Kier alpha value is -2.10. The van der Waals surface area contributed by atoms with Crippen molar-refractivity contribution >= 4 is 17.3 Å². The number of guanidine groups is 1. The highest BCUT2D eigenvalue weighted by Gasteiger charge is 2.33. The lowest BCUT2D eigenvalue weighted by atomic mass is 10.2. The SMILES string of the molecule is CN=C(NCc1nc(C(F)(F)F)cs1)NCc1c(C)noc1C. The van der Waals surface area contributed by atoms with E-state index in [4.69, 9.17) is 4.52 Å². The summed E-state index contributed by atoms with van der Waals surface area (Å²) in [4.78, 5) is 7.56. The highest BCUT2D eigenvalue weighted by Crippen LogP contribution is 2.29. The van der Waals surface area contributed by atoms with Crippen molar-refractivity contribution in [2.75, 3.05) is 7.05 Å². The summed E-state index contributed by atoms with van der Waals surface area (Å²) in [5, 5.41) is 11.2. The van der Waals surface area contributed by atoms with Crippen LogP contribution in [0.15, 0.2) is 14.9 Å². The number of nitrogens with one attached hydrogen (secondary N) is 2. The maximum Gasteiger partial charge on any atom is 0.434 e. The average molecular weight is 347 g/mol. The number of nitrogens with zero attached hydrogens (tertiary/aromatic N) is 3. The Kier molecular flexibility index (Phi) is 5.24. The van der Waals surface area contributed by atoms with E-state index in [9.17, 15) is 13.2 Å². The molecular weight excluding hydrogens is 331 g/mol. The molecule has 2 N–H and O–H groups in total. The number of rotatable bonds is 4. The maximum atomic E-state index is 12.5. The molecular formula is C13H16F3N5OS. The second kappa shape index (κ2) is 6.99. The fourth-order valence-corrected chi connectivity index (χ4v) is 2.57. The molecule has 0 radical (unpaired) electrons. The van der Waals surface area contributed by atoms with Gasteiger partial charge in [0.2, 0.25) is 0 Å². The maximum absolute atomic E-state index is 12.5. The van der Waals surface area contributed by atoms with Gasteiger partial charge >= 0.3 is 6.18 Å². The Morgan fingerprint density at radius 2 is 2.00 bits per heavy atom. The topological polar surface area (TPSA) is 75.3 Å². The van der Waals surface area contributed by atoms with E-state index in [2.05, 4.69) is 25.8 Å². The van der Waals surface area contributed by atoms with Crippen LogP contribution in [0.5, 0.6) is 0 Å². The summed E-state index contributed by atoms with van der Waals surface area (Å²) in [7, 11) is 1.58. The molecule has 0 fully saturated rings. The van der Waals surface area contributed by atoms with E-state index in [1.54, 1.807) is 14.0 Å². The molecule has 0 aliphatic carbocycles. The zero-order chi connectivity index (χ0) is 17.0. The number of aryl methyl sites for hydroxylation is 2. The minimum atomic E-state index is -4.42. The van der Waals surface area contributed by atoms with Crippen molar-refractivity contribution in [1.29, 1.82) is 0 Å². The number of aromatic nitrogens is 2. The first-order valence-electron chi connectivity index (χ1n) is 6.69. The number of halogens is 3. The molecule has 2 heterocycles. The molecule has 0 aromatic carbocycles. The third-order valence-electron chi connectivity index (χ3n) is 3.09. The molecule has 6 nitrogen and oxygen atoms in total. The van der Waals surface area contributed by atoms with Crippen molar-refractivity contribution in [3.63, 3.8) is 0 Å². The molecule has 0 saturated carbocycles. The highest BCUT2D eigenvalue weighted by atomic mass is 32.1. The van der Waals surface area contributed by atoms with Crippen LogP contribution >= 0.6 is 11.3 Å². The van der Waals surface area contributed by atoms with Gasteiger partial charge in [0.25, 0.3) is 0 Å². The largest absolute Gasteiger partial charge is 0.434 e. The minimum Gasteiger partial charge on any atom is -0.361 e. The lowest BCUT2D eigenvalue weighted by molar-refractivity contribution is -0.140. The molecule has 2 aromatic heterocycles. The third kappa shape index (κ3) is 4.44. The first kappa shape index (κ1) is 17.3. The minimum absolute atomic E-state index is 0.155. The van der Waals surface area contributed by atoms with Crippen LogP contribution in [0.1, 0.15) is 27.7 Å². The van der Waals surface area contributed by atoms with E-state index in [-0.39, 0.29) is 6.54 Å². The van der Waals surface area contributed by atoms with Crippen molar-refractivity contribution < 1.29 is 17.7 Å². The van der Waals surface area contributed by atoms with Crippen molar-refractivity contribution in [2.45, 2.75) is 33.1 Å². The van der Waals surface area contributed by atoms with E-state index >= 15 is 0 Å². The molecule has 0 amide bonds. The van der Waals surface area contributed by atoms with Gasteiger partial charge in [0.1, 0.15) is 10.8 Å². The van der Waals surface area contributed by atoms with Gasteiger partial charge in [0.05, 0.1) is 12.2 Å². The molecule has 126 valence electrons. The Morgan fingerprint density at radius 1 is 1.30 bits per heavy atom. The first-order valence-corrected chi connectivity index (χ1v) is 7.57. The number of aliphatic imine (C=N–C) groups is 1. The van der Waals surface area contributed by atoms with Gasteiger partial charge in [0.15, 0.2) is 11.7 Å². The van der Waals surface area contributed by atoms with Crippen LogP contribution in [0.2, 0.25) is 0 Å². The summed E-state index contributed by atoms with van der Waals surface area (Å²) in [5.41, 5.74) is 0.819. The van der Waals surface area contributed by atoms with E-state index in [0.717, 1.165) is 28.0 Å². The van der Waals surface area contributed by atoms with Crippen LogP contribution in [-0.4, -0.2) is 23.1 Å². The van der Waals surface area contributed by atoms with Gasteiger partial charge in [-0.05, 0) is 13.8 Å². The second-order valence-electron chi connectivity index (χ2n) is 4.71. The van der Waals surface area contributed by atoms with Crippen molar-refractivity contribution in [3.05, 3.63) is 33.1 Å². The van der Waals surface area contributed by atoms with Gasteiger partial charge in [-0.15, -0.1) is 11.3 Å². The predicted molar refractivity (Wildman–Crippen MR) is 80.1 cm³/mol. The van der Waals surface area contributed by atoms with Gasteiger partial charge in [-0.2, -0.15) is 13.2 Å². The smallest absolute Gasteiger partial charge is 0.361 e. The zero-order valence-corrected chi connectivity index (χ0v) is 13.6. The van der Waals surface area contributed by atoms with E-state index in [1.807, 2.05) is 6.92 Å². The van der Waals surface area contributed by atoms with Crippen molar-refractivity contribution in [3.8, 4) is 0 Å². The second-order valence-corrected chi connectivity index (χ2v) is 5.65. The van der Waals surface area contributed by atoms with Gasteiger partial charge in [-0.1, -0.05) is 5.16 Å². The Morgan fingerprint density at radius 3 is 2.52 bits per heavy atom. The number of thiazole rings is 1. The van der Waals surface area contributed by atoms with E-state index in [1.165, 1.54) is 0 Å². The fraction of sp³-hybridized carbons (Fsp3) is 0.462. The van der Waals surface area contributed by atoms with Crippen LogP contribution in [0, 0.1) is 13.8 Å². The van der Waals surface area contributed by atoms with Crippen LogP contribution < -0.4 is 10.6 Å². The Bertz CT molecular complexity index is 673. The van der Waals surface area contributed by atoms with Gasteiger partial charge in [0, 0.05) is 24.5 Å². The molecule has 0 unspecified atom stereocenters. The molecule has 0 atom stereocenters. The van der Waals surface area contributed by atoms with Crippen LogP contribution in [0.25, 0.3) is 0 Å². The van der Waals surface area contributed by atoms with Gasteiger partial charge < -0.3 is 15.2 Å². The lowest BCUT2D eigenvalue weighted by Gasteiger charge is -2.10. The number of hydrogen-bond donors (Lipinski definition) is 2.